The molecule has 2 heterocycles. The zero-order chi connectivity index (χ0) is 50.8. The molecule has 8 rings (SSSR count). The predicted molar refractivity (Wildman–Crippen MR) is 296 cm³/mol. The number of rotatable bonds is 28. The standard InChI is InChI=1S/C60H70N8O5/c61-45-21-25-49-51-27-23-47(63)41-55(51)67(59(53(49)39-45)43-15-5-1-6-16-43)31-11-3-9-19-57(69)65-29-13-33-71-35-37-73-38-36-72-34-14-30-66-58(70)20-10-4-12-32-68-56-42-48(64)24-28-52(56)50-26-22-46(62)40-54(50)60(68)44-17-7-2-8-18-44/h1-2,5-8,15-18,21-28,39-42,63-64H,3-4,9-14,19-20,29-38,61-62H2,(H2,65,66,69,70)/p+2. The molecule has 8 aromatic rings. The maximum absolute atomic E-state index is 12.6. The van der Waals surface area contributed by atoms with Crippen molar-refractivity contribution in [2.75, 3.05) is 75.7 Å². The maximum Gasteiger partial charge on any atom is 0.220 e. The number of unbranched alkanes of at least 4 members (excludes halogenated alkanes) is 4. The summed E-state index contributed by atoms with van der Waals surface area (Å²) < 4.78 is 21.8. The van der Waals surface area contributed by atoms with Gasteiger partial charge in [-0.25, -0.2) is 0 Å². The fourth-order valence-electron chi connectivity index (χ4n) is 9.78. The Hall–Kier alpha value is -7.32. The average Bonchev–Trinajstić information content (AvgIpc) is 3.39. The van der Waals surface area contributed by atoms with Crippen LogP contribution in [0.4, 0.5) is 22.7 Å². The number of amides is 2. The van der Waals surface area contributed by atoms with E-state index in [1.165, 1.54) is 0 Å². The number of pyridine rings is 2. The Morgan fingerprint density at radius 2 is 0.753 bits per heavy atom. The molecule has 2 amide bonds. The number of fused-ring (bicyclic) bond motifs is 6. The van der Waals surface area contributed by atoms with E-state index in [0.717, 1.165) is 153 Å². The van der Waals surface area contributed by atoms with Crippen LogP contribution in [0.3, 0.4) is 0 Å². The minimum Gasteiger partial charge on any atom is -0.399 e. The molecule has 13 heteroatoms. The molecule has 73 heavy (non-hydrogen) atoms. The number of nitrogens with two attached hydrogens (primary N) is 4. The summed E-state index contributed by atoms with van der Waals surface area (Å²) in [6, 6.07) is 45.3. The van der Waals surface area contributed by atoms with Gasteiger partial charge in [-0.3, -0.25) is 9.59 Å². The van der Waals surface area contributed by atoms with E-state index in [2.05, 4.69) is 117 Å². The number of nitrogen functional groups attached to an aromatic ring is 4. The first-order valence-electron chi connectivity index (χ1n) is 26.0. The fraction of sp³-hybridized carbons (Fsp3) is 0.333. The van der Waals surface area contributed by atoms with E-state index < -0.39 is 0 Å². The van der Waals surface area contributed by atoms with E-state index in [-0.39, 0.29) is 11.8 Å². The molecule has 0 spiro atoms. The van der Waals surface area contributed by atoms with Crippen LogP contribution in [0.1, 0.15) is 64.2 Å². The van der Waals surface area contributed by atoms with Gasteiger partial charge < -0.3 is 47.8 Å². The highest BCUT2D eigenvalue weighted by Crippen LogP contribution is 2.35. The van der Waals surface area contributed by atoms with Gasteiger partial charge in [0.05, 0.1) is 48.0 Å². The first-order valence-corrected chi connectivity index (χ1v) is 26.0. The minimum absolute atomic E-state index is 0.0629. The van der Waals surface area contributed by atoms with Crippen LogP contribution in [-0.4, -0.2) is 64.5 Å². The molecule has 2 aromatic heterocycles. The Balaban J connectivity index is 0.635. The predicted octanol–water partition coefficient (Wildman–Crippen LogP) is 9.42. The smallest absolute Gasteiger partial charge is 0.220 e. The van der Waals surface area contributed by atoms with Crippen LogP contribution >= 0.6 is 0 Å². The molecule has 0 atom stereocenters. The van der Waals surface area contributed by atoms with Crippen LogP contribution in [0, 0.1) is 0 Å². The molecule has 0 unspecified atom stereocenters. The van der Waals surface area contributed by atoms with Gasteiger partial charge in [0.2, 0.25) is 34.2 Å². The van der Waals surface area contributed by atoms with E-state index in [9.17, 15) is 9.59 Å². The lowest BCUT2D eigenvalue weighted by atomic mass is 9.98. The lowest BCUT2D eigenvalue weighted by Gasteiger charge is -2.13. The van der Waals surface area contributed by atoms with Crippen molar-refractivity contribution < 1.29 is 32.9 Å². The molecular weight excluding hydrogens is 913 g/mol. The summed E-state index contributed by atoms with van der Waals surface area (Å²) in [5.41, 5.74) is 34.8. The molecule has 380 valence electrons. The maximum atomic E-state index is 12.6. The third-order valence-electron chi connectivity index (χ3n) is 13.3. The largest absolute Gasteiger partial charge is 0.399 e. The summed E-state index contributed by atoms with van der Waals surface area (Å²) >= 11 is 0. The lowest BCUT2D eigenvalue weighted by Crippen LogP contribution is -2.38. The minimum atomic E-state index is 0.0629. The van der Waals surface area contributed by atoms with Gasteiger partial charge in [0.25, 0.3) is 0 Å². The molecule has 6 aromatic carbocycles. The van der Waals surface area contributed by atoms with Crippen molar-refractivity contribution in [3.8, 4) is 22.5 Å². The molecule has 10 N–H and O–H groups in total. The number of carbonyl (C=O) groups is 2. The lowest BCUT2D eigenvalue weighted by molar-refractivity contribution is -0.660. The van der Waals surface area contributed by atoms with Crippen LogP contribution in [0.25, 0.3) is 65.9 Å². The second-order valence-electron chi connectivity index (χ2n) is 18.8. The number of benzene rings is 6. The van der Waals surface area contributed by atoms with Crippen LogP contribution in [0.15, 0.2) is 133 Å². The Bertz CT molecular complexity index is 2910. The van der Waals surface area contributed by atoms with Gasteiger partial charge in [-0.15, -0.1) is 0 Å². The normalized spacial score (nSPS) is 11.5. The highest BCUT2D eigenvalue weighted by Gasteiger charge is 2.25. The fourth-order valence-corrected chi connectivity index (χ4v) is 9.78. The number of nitrogens with one attached hydrogen (secondary N) is 2. The highest BCUT2D eigenvalue weighted by molar-refractivity contribution is 6.11. The Morgan fingerprint density at radius 1 is 0.384 bits per heavy atom. The second-order valence-corrected chi connectivity index (χ2v) is 18.8. The Kier molecular flexibility index (Phi) is 18.8. The van der Waals surface area contributed by atoms with Crippen LogP contribution in [-0.2, 0) is 36.9 Å². The van der Waals surface area contributed by atoms with Gasteiger partial charge in [-0.05, 0) is 111 Å². The molecule has 13 nitrogen and oxygen atoms in total. The van der Waals surface area contributed by atoms with Crippen LogP contribution in [0.5, 0.6) is 0 Å². The second kappa shape index (κ2) is 26.4. The quantitative estimate of drug-likeness (QED) is 0.0120. The molecular formula is C60H72N8O5+2. The van der Waals surface area contributed by atoms with Crippen molar-refractivity contribution in [2.24, 2.45) is 0 Å². The monoisotopic (exact) mass is 985 g/mol. The van der Waals surface area contributed by atoms with Crippen molar-refractivity contribution in [2.45, 2.75) is 77.3 Å². The van der Waals surface area contributed by atoms with Crippen molar-refractivity contribution in [1.29, 1.82) is 0 Å². The van der Waals surface area contributed by atoms with Crippen LogP contribution < -0.4 is 42.7 Å². The van der Waals surface area contributed by atoms with Crippen molar-refractivity contribution in [3.05, 3.63) is 133 Å². The summed E-state index contributed by atoms with van der Waals surface area (Å²) in [6.07, 6.45) is 7.72. The SMILES string of the molecule is Nc1ccc2c(c1)c(-c1ccccc1)[n+](CCCCCC(=O)NCCCOCCOCCOCCCNC(=O)CCCCC[n+]1c(-c3ccccc3)c3cc(N)ccc3c3ccc(N)cc31)c1cc(N)ccc21. The summed E-state index contributed by atoms with van der Waals surface area (Å²) in [4.78, 5) is 25.2. The number of hydrogen-bond donors (Lipinski definition) is 6. The van der Waals surface area contributed by atoms with Gasteiger partial charge in [-0.2, -0.15) is 9.13 Å². The molecule has 0 aliphatic rings. The Labute approximate surface area is 428 Å². The number of aryl methyl sites for hydroxylation is 2. The third kappa shape index (κ3) is 14.0. The van der Waals surface area contributed by atoms with Crippen molar-refractivity contribution >= 4 is 77.9 Å². The highest BCUT2D eigenvalue weighted by atomic mass is 16.5. The average molecular weight is 985 g/mol. The number of aromatic nitrogens is 2. The zero-order valence-electron chi connectivity index (χ0n) is 42.1. The van der Waals surface area contributed by atoms with Gasteiger partial charge in [0.15, 0.2) is 0 Å². The van der Waals surface area contributed by atoms with Crippen molar-refractivity contribution in [1.82, 2.24) is 10.6 Å². The van der Waals surface area contributed by atoms with E-state index in [1.807, 2.05) is 36.4 Å². The number of nitrogens with zero attached hydrogens (tertiary/aromatic N) is 2. The number of carbonyl (C=O) groups excluding carboxylic acids is 2. The van der Waals surface area contributed by atoms with Gasteiger partial charge in [-0.1, -0.05) is 48.5 Å². The molecule has 0 radical (unpaired) electrons. The summed E-state index contributed by atoms with van der Waals surface area (Å²) in [5.74, 6) is 0.126. The topological polar surface area (TPSA) is 198 Å². The van der Waals surface area contributed by atoms with E-state index in [4.69, 9.17) is 37.1 Å². The third-order valence-corrected chi connectivity index (χ3v) is 13.3. The molecule has 0 aliphatic carbocycles. The molecule has 0 saturated carbocycles. The van der Waals surface area contributed by atoms with E-state index in [1.54, 1.807) is 0 Å². The van der Waals surface area contributed by atoms with Gasteiger partial charge in [0, 0.05) is 109 Å². The molecule has 0 fully saturated rings. The molecule has 0 saturated heterocycles. The summed E-state index contributed by atoms with van der Waals surface area (Å²) in [6.45, 7) is 5.73. The number of ether oxygens (including phenoxy) is 3. The van der Waals surface area contributed by atoms with Crippen molar-refractivity contribution in [3.63, 3.8) is 0 Å². The Morgan fingerprint density at radius 3 is 1.16 bits per heavy atom. The zero-order valence-corrected chi connectivity index (χ0v) is 42.1. The first kappa shape index (κ1) is 52.0. The molecule has 0 bridgehead atoms. The van der Waals surface area contributed by atoms with Gasteiger partial charge in [0.1, 0.15) is 13.1 Å². The van der Waals surface area contributed by atoms with Crippen LogP contribution in [0.2, 0.25) is 0 Å². The summed E-state index contributed by atoms with van der Waals surface area (Å²) in [5, 5.41) is 12.8. The first-order chi connectivity index (χ1) is 35.7. The van der Waals surface area contributed by atoms with E-state index in [0.29, 0.717) is 65.6 Å². The molecule has 0 aliphatic heterocycles. The number of hydrogen-bond acceptors (Lipinski definition) is 9. The summed E-state index contributed by atoms with van der Waals surface area (Å²) in [7, 11) is 0. The van der Waals surface area contributed by atoms with Gasteiger partial charge >= 0.3 is 0 Å². The van der Waals surface area contributed by atoms with E-state index >= 15 is 0 Å². The number of anilines is 4.